The van der Waals surface area contributed by atoms with Crippen molar-refractivity contribution < 1.29 is 0 Å². The van der Waals surface area contributed by atoms with Gasteiger partial charge in [0.25, 0.3) is 0 Å². The normalized spacial score (nSPS) is 15.0. The number of anilines is 3. The number of rotatable bonds is 4. The summed E-state index contributed by atoms with van der Waals surface area (Å²) in [5.41, 5.74) is 1.36. The van der Waals surface area contributed by atoms with Gasteiger partial charge in [-0.1, -0.05) is 31.4 Å². The fraction of sp³-hybridized carbons (Fsp3) is 0.353. The minimum atomic E-state index is 0.503. The van der Waals surface area contributed by atoms with Crippen LogP contribution in [0, 0.1) is 11.3 Å². The van der Waals surface area contributed by atoms with E-state index in [2.05, 4.69) is 26.7 Å². The molecule has 0 bridgehead atoms. The van der Waals surface area contributed by atoms with E-state index in [1.54, 1.807) is 12.4 Å². The Kier molecular flexibility index (Phi) is 4.50. The second-order valence-corrected chi connectivity index (χ2v) is 5.55. The Morgan fingerprint density at radius 1 is 1.05 bits per heavy atom. The molecule has 0 aliphatic heterocycles. The van der Waals surface area contributed by atoms with Crippen molar-refractivity contribution in [3.05, 3.63) is 42.2 Å². The van der Waals surface area contributed by atoms with Crippen molar-refractivity contribution in [2.45, 2.75) is 38.1 Å². The second kappa shape index (κ2) is 6.90. The lowest BCUT2D eigenvalue weighted by Crippen LogP contribution is -2.22. The van der Waals surface area contributed by atoms with Crippen LogP contribution in [-0.4, -0.2) is 16.0 Å². The number of nitrogens with zero attached hydrogens (tertiary/aromatic N) is 3. The lowest BCUT2D eigenvalue weighted by atomic mass is 9.95. The molecule has 1 aliphatic rings. The lowest BCUT2D eigenvalue weighted by Gasteiger charge is -2.23. The molecule has 1 aromatic carbocycles. The fourth-order valence-corrected chi connectivity index (χ4v) is 2.79. The third-order valence-electron chi connectivity index (χ3n) is 3.93. The third kappa shape index (κ3) is 3.53. The van der Waals surface area contributed by atoms with E-state index in [9.17, 15) is 0 Å². The molecular weight excluding hydrogens is 274 g/mol. The highest BCUT2D eigenvalue weighted by Gasteiger charge is 2.13. The van der Waals surface area contributed by atoms with Gasteiger partial charge < -0.3 is 10.6 Å². The molecule has 3 rings (SSSR count). The lowest BCUT2D eigenvalue weighted by molar-refractivity contribution is 0.462. The summed E-state index contributed by atoms with van der Waals surface area (Å²) in [4.78, 5) is 8.52. The number of para-hydroxylation sites is 1. The van der Waals surface area contributed by atoms with Gasteiger partial charge in [-0.25, -0.2) is 9.97 Å². The number of hydrogen-bond acceptors (Lipinski definition) is 5. The molecule has 1 aromatic heterocycles. The van der Waals surface area contributed by atoms with Gasteiger partial charge in [0, 0.05) is 12.1 Å². The highest BCUT2D eigenvalue weighted by atomic mass is 15.1. The monoisotopic (exact) mass is 293 g/mol. The predicted octanol–water partition coefficient (Wildman–Crippen LogP) is 3.84. The van der Waals surface area contributed by atoms with E-state index in [4.69, 9.17) is 5.26 Å². The van der Waals surface area contributed by atoms with Crippen LogP contribution in [0.4, 0.5) is 17.3 Å². The molecule has 5 heteroatoms. The van der Waals surface area contributed by atoms with Crippen LogP contribution in [0.25, 0.3) is 0 Å². The van der Waals surface area contributed by atoms with Crippen LogP contribution in [-0.2, 0) is 0 Å². The van der Waals surface area contributed by atoms with Crippen molar-refractivity contribution in [3.8, 4) is 6.07 Å². The van der Waals surface area contributed by atoms with Gasteiger partial charge in [-0.3, -0.25) is 0 Å². The zero-order valence-electron chi connectivity index (χ0n) is 12.4. The van der Waals surface area contributed by atoms with Crippen molar-refractivity contribution in [2.24, 2.45) is 0 Å². The molecule has 1 aliphatic carbocycles. The Labute approximate surface area is 130 Å². The largest absolute Gasteiger partial charge is 0.367 e. The Hall–Kier alpha value is -2.61. The Morgan fingerprint density at radius 2 is 1.82 bits per heavy atom. The number of benzene rings is 1. The zero-order chi connectivity index (χ0) is 15.2. The molecule has 2 N–H and O–H groups in total. The van der Waals surface area contributed by atoms with E-state index >= 15 is 0 Å². The summed E-state index contributed by atoms with van der Waals surface area (Å²) >= 11 is 0. The first-order valence-electron chi connectivity index (χ1n) is 7.70. The summed E-state index contributed by atoms with van der Waals surface area (Å²) in [6, 6.07) is 12.0. The van der Waals surface area contributed by atoms with Crippen molar-refractivity contribution in [1.29, 1.82) is 5.26 Å². The first kappa shape index (κ1) is 14.3. The summed E-state index contributed by atoms with van der Waals surface area (Å²) in [5.74, 6) is 1.52. The van der Waals surface area contributed by atoms with Gasteiger partial charge in [-0.05, 0) is 25.0 Å². The van der Waals surface area contributed by atoms with Crippen molar-refractivity contribution in [1.82, 2.24) is 9.97 Å². The van der Waals surface area contributed by atoms with E-state index in [1.807, 2.05) is 24.3 Å². The van der Waals surface area contributed by atoms with Gasteiger partial charge in [0.05, 0.1) is 11.3 Å². The van der Waals surface area contributed by atoms with Gasteiger partial charge in [0.1, 0.15) is 24.0 Å². The van der Waals surface area contributed by atoms with Gasteiger partial charge in [0.15, 0.2) is 0 Å². The maximum atomic E-state index is 9.13. The molecule has 112 valence electrons. The highest BCUT2D eigenvalue weighted by Crippen LogP contribution is 2.23. The van der Waals surface area contributed by atoms with Crippen LogP contribution in [0.2, 0.25) is 0 Å². The standard InChI is InChI=1S/C17H19N5/c18-11-13-6-4-5-9-15(13)22-17-10-16(19-12-20-17)21-14-7-2-1-3-8-14/h4-6,9-10,12,14H,1-3,7-8H2,(H2,19,20,21,22). The molecule has 1 heterocycles. The summed E-state index contributed by atoms with van der Waals surface area (Å²) < 4.78 is 0. The average Bonchev–Trinajstić information content (AvgIpc) is 2.57. The quantitative estimate of drug-likeness (QED) is 0.896. The second-order valence-electron chi connectivity index (χ2n) is 5.55. The van der Waals surface area contributed by atoms with Gasteiger partial charge in [-0.2, -0.15) is 5.26 Å². The van der Waals surface area contributed by atoms with Crippen molar-refractivity contribution in [2.75, 3.05) is 10.6 Å². The average molecular weight is 293 g/mol. The number of hydrogen-bond donors (Lipinski definition) is 2. The van der Waals surface area contributed by atoms with Crippen LogP contribution < -0.4 is 10.6 Å². The van der Waals surface area contributed by atoms with E-state index in [-0.39, 0.29) is 0 Å². The number of aromatic nitrogens is 2. The summed E-state index contributed by atoms with van der Waals surface area (Å²) in [6.45, 7) is 0. The maximum Gasteiger partial charge on any atom is 0.135 e. The molecular formula is C17H19N5. The topological polar surface area (TPSA) is 73.6 Å². The molecule has 0 spiro atoms. The molecule has 0 atom stereocenters. The van der Waals surface area contributed by atoms with Gasteiger partial charge in [-0.15, -0.1) is 0 Å². The zero-order valence-corrected chi connectivity index (χ0v) is 12.4. The minimum absolute atomic E-state index is 0.503. The summed E-state index contributed by atoms with van der Waals surface area (Å²) in [6.07, 6.45) is 7.84. The highest BCUT2D eigenvalue weighted by molar-refractivity contribution is 5.65. The molecule has 0 unspecified atom stereocenters. The van der Waals surface area contributed by atoms with Crippen LogP contribution in [0.5, 0.6) is 0 Å². The first-order valence-corrected chi connectivity index (χ1v) is 7.70. The molecule has 0 amide bonds. The SMILES string of the molecule is N#Cc1ccccc1Nc1cc(NC2CCCCC2)ncn1. The molecule has 5 nitrogen and oxygen atoms in total. The number of nitrogens with one attached hydrogen (secondary N) is 2. The molecule has 22 heavy (non-hydrogen) atoms. The molecule has 1 saturated carbocycles. The van der Waals surface area contributed by atoms with Crippen LogP contribution in [0.1, 0.15) is 37.7 Å². The summed E-state index contributed by atoms with van der Waals surface area (Å²) in [5, 5.41) is 15.8. The van der Waals surface area contributed by atoms with Crippen molar-refractivity contribution in [3.63, 3.8) is 0 Å². The van der Waals surface area contributed by atoms with Gasteiger partial charge in [0.2, 0.25) is 0 Å². The first-order chi connectivity index (χ1) is 10.8. The van der Waals surface area contributed by atoms with Crippen LogP contribution in [0.3, 0.4) is 0 Å². The third-order valence-corrected chi connectivity index (χ3v) is 3.93. The molecule has 2 aromatic rings. The van der Waals surface area contributed by atoms with Crippen LogP contribution in [0.15, 0.2) is 36.7 Å². The maximum absolute atomic E-state index is 9.13. The molecule has 0 saturated heterocycles. The number of nitriles is 1. The predicted molar refractivity (Wildman–Crippen MR) is 87.0 cm³/mol. The Balaban J connectivity index is 1.72. The van der Waals surface area contributed by atoms with Crippen LogP contribution >= 0.6 is 0 Å². The van der Waals surface area contributed by atoms with E-state index < -0.39 is 0 Å². The van der Waals surface area contributed by atoms with Crippen molar-refractivity contribution >= 4 is 17.3 Å². The minimum Gasteiger partial charge on any atom is -0.367 e. The summed E-state index contributed by atoms with van der Waals surface area (Å²) in [7, 11) is 0. The van der Waals surface area contributed by atoms with E-state index in [1.165, 1.54) is 32.1 Å². The molecule has 0 radical (unpaired) electrons. The smallest absolute Gasteiger partial charge is 0.135 e. The Bertz CT molecular complexity index is 671. The fourth-order valence-electron chi connectivity index (χ4n) is 2.79. The van der Waals surface area contributed by atoms with E-state index in [0.717, 1.165) is 11.5 Å². The molecule has 1 fully saturated rings. The van der Waals surface area contributed by atoms with E-state index in [0.29, 0.717) is 17.4 Å². The van der Waals surface area contributed by atoms with Gasteiger partial charge >= 0.3 is 0 Å². The Morgan fingerprint density at radius 3 is 2.64 bits per heavy atom.